The highest BCUT2D eigenvalue weighted by Gasteiger charge is 2.14. The largest absolute Gasteiger partial charge is 0.296 e. The van der Waals surface area contributed by atoms with Crippen molar-refractivity contribution in [2.24, 2.45) is 0 Å². The average molecular weight is 158 g/mol. The van der Waals surface area contributed by atoms with Crippen LogP contribution >= 0.6 is 0 Å². The molecule has 0 amide bonds. The normalized spacial score (nSPS) is 14.5. The maximum atomic E-state index is 10.4. The molecule has 11 heavy (non-hydrogen) atoms. The zero-order valence-electron chi connectivity index (χ0n) is 8.13. The summed E-state index contributed by atoms with van der Waals surface area (Å²) in [6.07, 6.45) is 1.12. The molecule has 0 aliphatic carbocycles. The molecule has 1 unspecified atom stereocenters. The Morgan fingerprint density at radius 1 is 1.27 bits per heavy atom. The molecule has 0 saturated carbocycles. The van der Waals surface area contributed by atoms with Crippen molar-refractivity contribution in [1.82, 2.24) is 4.90 Å². The van der Waals surface area contributed by atoms with Gasteiger partial charge in [-0.15, -0.1) is 0 Å². The van der Waals surface area contributed by atoms with Gasteiger partial charge in [-0.2, -0.15) is 0 Å². The van der Waals surface area contributed by atoms with E-state index in [4.69, 9.17) is 0 Å². The van der Waals surface area contributed by atoms with E-state index in [1.54, 1.807) is 0 Å². The molecular weight excluding hydrogens is 138 g/mol. The van der Waals surface area contributed by atoms with E-state index in [0.717, 1.165) is 6.42 Å². The van der Waals surface area contributed by atoms with Crippen LogP contribution in [0.2, 0.25) is 0 Å². The fourth-order valence-corrected chi connectivity index (χ4v) is 1.33. The quantitative estimate of drug-likeness (QED) is 0.599. The smallest absolute Gasteiger partial charge is 0.0949 e. The van der Waals surface area contributed by atoms with Gasteiger partial charge in [0.2, 0.25) is 0 Å². The van der Waals surface area contributed by atoms with Crippen LogP contribution in [-0.4, -0.2) is 30.1 Å². The summed E-state index contributed by atoms with van der Waals surface area (Å²) in [6.45, 7) is 9.32. The lowest BCUT2D eigenvalue weighted by atomic mass is 10.2. The van der Waals surface area contributed by atoms with Crippen molar-refractivity contribution in [2.45, 2.75) is 46.2 Å². The summed E-state index contributed by atoms with van der Waals surface area (Å²) >= 11 is 0. The van der Waals surface area contributed by atoms with E-state index < -0.39 is 0 Å². The summed E-state index contributed by atoms with van der Waals surface area (Å²) in [7, 11) is 0. The Labute approximate surface area is 70.2 Å². The summed E-state index contributed by atoms with van der Waals surface area (Å²) < 4.78 is 0. The Morgan fingerprint density at radius 3 is 2.09 bits per heavy atom. The third-order valence-corrected chi connectivity index (χ3v) is 2.17. The van der Waals surface area contributed by atoms with Crippen LogP contribution in [0.25, 0.3) is 0 Å². The molecule has 0 bridgehead atoms. The second-order valence-corrected chi connectivity index (χ2v) is 3.29. The summed E-state index contributed by atoms with van der Waals surface area (Å²) in [5.74, 6) is 0. The topological polar surface area (TPSA) is 23.1 Å². The maximum absolute atomic E-state index is 10.4. The zero-order valence-corrected chi connectivity index (χ0v) is 8.13. The van der Waals surface area contributed by atoms with Crippen molar-refractivity contribution in [3.05, 3.63) is 0 Å². The van der Waals surface area contributed by atoms with E-state index in [9.17, 15) is 5.11 Å². The minimum Gasteiger partial charge on any atom is -0.296 e. The standard InChI is InChI=1S/C9H20NO/c1-5-9(4)10(6-7-11)8(2)3/h8-9H,5-7H2,1-4H3. The summed E-state index contributed by atoms with van der Waals surface area (Å²) in [6, 6.07) is 1.04. The molecule has 0 aliphatic rings. The van der Waals surface area contributed by atoms with E-state index in [-0.39, 0.29) is 6.61 Å². The minimum absolute atomic E-state index is 0.0164. The maximum Gasteiger partial charge on any atom is 0.0949 e. The van der Waals surface area contributed by atoms with E-state index in [1.165, 1.54) is 0 Å². The second kappa shape index (κ2) is 5.56. The zero-order chi connectivity index (χ0) is 8.85. The first-order chi connectivity index (χ1) is 5.13. The highest BCUT2D eigenvalue weighted by Crippen LogP contribution is 2.07. The molecule has 0 N–H and O–H groups in total. The highest BCUT2D eigenvalue weighted by molar-refractivity contribution is 4.68. The van der Waals surface area contributed by atoms with E-state index in [1.807, 2.05) is 0 Å². The molecule has 1 atom stereocenters. The number of rotatable bonds is 5. The average Bonchev–Trinajstić information content (AvgIpc) is 1.98. The first kappa shape index (κ1) is 10.9. The molecule has 0 aromatic rings. The van der Waals surface area contributed by atoms with Gasteiger partial charge in [-0.1, -0.05) is 6.92 Å². The Bertz CT molecular complexity index is 93.6. The van der Waals surface area contributed by atoms with Crippen LogP contribution < -0.4 is 0 Å². The Morgan fingerprint density at radius 2 is 1.82 bits per heavy atom. The fraction of sp³-hybridized carbons (Fsp3) is 1.00. The number of nitrogens with zero attached hydrogens (tertiary/aromatic N) is 1. The van der Waals surface area contributed by atoms with Crippen LogP contribution in [-0.2, 0) is 5.11 Å². The molecule has 2 nitrogen and oxygen atoms in total. The molecule has 0 aromatic heterocycles. The van der Waals surface area contributed by atoms with Gasteiger partial charge in [-0.05, 0) is 27.2 Å². The lowest BCUT2D eigenvalue weighted by molar-refractivity contribution is 0.0939. The highest BCUT2D eigenvalue weighted by atomic mass is 16.3. The predicted octanol–water partition coefficient (Wildman–Crippen LogP) is 1.93. The van der Waals surface area contributed by atoms with E-state index in [2.05, 4.69) is 32.6 Å². The molecule has 67 valence electrons. The SMILES string of the molecule is CCC(C)N(CC[O])C(C)C. The number of hydrogen-bond donors (Lipinski definition) is 0. The minimum atomic E-state index is 0.0164. The third-order valence-electron chi connectivity index (χ3n) is 2.17. The van der Waals surface area contributed by atoms with Crippen molar-refractivity contribution in [1.29, 1.82) is 0 Å². The first-order valence-electron chi connectivity index (χ1n) is 4.47. The van der Waals surface area contributed by atoms with Gasteiger partial charge in [-0.3, -0.25) is 4.90 Å². The monoisotopic (exact) mass is 158 g/mol. The molecule has 0 saturated heterocycles. The molecule has 0 aromatic carbocycles. The third kappa shape index (κ3) is 3.73. The molecule has 0 spiro atoms. The second-order valence-electron chi connectivity index (χ2n) is 3.29. The van der Waals surface area contributed by atoms with Gasteiger partial charge in [0.05, 0.1) is 6.61 Å². The van der Waals surface area contributed by atoms with Gasteiger partial charge in [0.25, 0.3) is 0 Å². The van der Waals surface area contributed by atoms with Gasteiger partial charge in [0.15, 0.2) is 0 Å². The van der Waals surface area contributed by atoms with Crippen molar-refractivity contribution < 1.29 is 5.11 Å². The van der Waals surface area contributed by atoms with Crippen LogP contribution in [0.15, 0.2) is 0 Å². The molecule has 0 rings (SSSR count). The van der Waals surface area contributed by atoms with Crippen molar-refractivity contribution in [3.8, 4) is 0 Å². The van der Waals surface area contributed by atoms with Crippen LogP contribution in [0.1, 0.15) is 34.1 Å². The molecule has 0 heterocycles. The van der Waals surface area contributed by atoms with Gasteiger partial charge in [0, 0.05) is 18.6 Å². The number of hydrogen-bond acceptors (Lipinski definition) is 1. The van der Waals surface area contributed by atoms with Crippen molar-refractivity contribution >= 4 is 0 Å². The predicted molar refractivity (Wildman–Crippen MR) is 47.1 cm³/mol. The van der Waals surface area contributed by atoms with Crippen molar-refractivity contribution in [3.63, 3.8) is 0 Å². The van der Waals surface area contributed by atoms with Crippen LogP contribution in [0.3, 0.4) is 0 Å². The Kier molecular flexibility index (Phi) is 5.51. The van der Waals surface area contributed by atoms with Crippen LogP contribution in [0, 0.1) is 0 Å². The fourth-order valence-electron chi connectivity index (χ4n) is 1.33. The van der Waals surface area contributed by atoms with Gasteiger partial charge >= 0.3 is 0 Å². The van der Waals surface area contributed by atoms with Gasteiger partial charge in [0.1, 0.15) is 0 Å². The molecule has 0 aliphatic heterocycles. The van der Waals surface area contributed by atoms with Crippen molar-refractivity contribution in [2.75, 3.05) is 13.2 Å². The molecule has 2 heteroatoms. The van der Waals surface area contributed by atoms with E-state index in [0.29, 0.717) is 18.6 Å². The Balaban J connectivity index is 3.87. The van der Waals surface area contributed by atoms with E-state index >= 15 is 0 Å². The van der Waals surface area contributed by atoms with Crippen LogP contribution in [0.4, 0.5) is 0 Å². The summed E-state index contributed by atoms with van der Waals surface area (Å²) in [5.41, 5.74) is 0. The lowest BCUT2D eigenvalue weighted by Crippen LogP contribution is -2.40. The molecule has 1 radical (unpaired) electrons. The molecular formula is C9H20NO. The van der Waals surface area contributed by atoms with Gasteiger partial charge < -0.3 is 0 Å². The van der Waals surface area contributed by atoms with Crippen LogP contribution in [0.5, 0.6) is 0 Å². The summed E-state index contributed by atoms with van der Waals surface area (Å²) in [5, 5.41) is 10.4. The van der Waals surface area contributed by atoms with Gasteiger partial charge in [-0.25, -0.2) is 5.11 Å². The molecule has 0 fully saturated rings. The lowest BCUT2D eigenvalue weighted by Gasteiger charge is -2.31. The summed E-state index contributed by atoms with van der Waals surface area (Å²) in [4.78, 5) is 2.26. The Hall–Kier alpha value is -0.0800. The first-order valence-corrected chi connectivity index (χ1v) is 4.47.